The van der Waals surface area contributed by atoms with Crippen molar-refractivity contribution in [1.29, 1.82) is 0 Å². The second-order valence-electron chi connectivity index (χ2n) is 8.77. The molecule has 0 aromatic rings. The number of ketones is 1. The monoisotopic (exact) mass is 411 g/mol. The number of hydrogen-bond donors (Lipinski definition) is 2. The van der Waals surface area contributed by atoms with Gasteiger partial charge in [-0.1, -0.05) is 110 Å². The minimum absolute atomic E-state index is 0.223. The van der Waals surface area contributed by atoms with Gasteiger partial charge in [-0.3, -0.25) is 9.59 Å². The number of aliphatic carboxylic acids is 1. The summed E-state index contributed by atoms with van der Waals surface area (Å²) in [5.41, 5.74) is 5.92. The quantitative estimate of drug-likeness (QED) is 0.174. The number of rotatable bonds is 23. The van der Waals surface area contributed by atoms with Gasteiger partial charge in [0.15, 0.2) is 0 Å². The third-order valence-electron chi connectivity index (χ3n) is 5.85. The number of hydrogen-bond acceptors (Lipinski definition) is 3. The van der Waals surface area contributed by atoms with Crippen molar-refractivity contribution in [2.45, 2.75) is 148 Å². The Kier molecular flexibility index (Phi) is 21.1. The van der Waals surface area contributed by atoms with Crippen molar-refractivity contribution in [2.75, 3.05) is 0 Å². The lowest BCUT2D eigenvalue weighted by Gasteiger charge is -2.09. The van der Waals surface area contributed by atoms with Crippen LogP contribution in [0.1, 0.15) is 142 Å². The highest BCUT2D eigenvalue weighted by atomic mass is 16.4. The minimum Gasteiger partial charge on any atom is -0.481 e. The number of carboxylic acids is 1. The summed E-state index contributed by atoms with van der Waals surface area (Å²) in [6.45, 7) is 2.13. The lowest BCUT2D eigenvalue weighted by atomic mass is 10.0. The maximum atomic E-state index is 11.9. The molecule has 0 aliphatic heterocycles. The number of Topliss-reactive ketones (excluding diaryl/α,β-unsaturated/α-hetero) is 1. The fourth-order valence-corrected chi connectivity index (χ4v) is 3.82. The summed E-state index contributed by atoms with van der Waals surface area (Å²) in [5.74, 6) is -0.406. The van der Waals surface area contributed by atoms with Crippen molar-refractivity contribution in [2.24, 2.45) is 5.73 Å². The molecular formula is C25H49NO3. The highest BCUT2D eigenvalue weighted by Gasteiger charge is 2.11. The Bertz CT molecular complexity index is 384. The molecule has 172 valence electrons. The maximum absolute atomic E-state index is 11.9. The molecule has 29 heavy (non-hydrogen) atoms. The molecule has 0 saturated carbocycles. The summed E-state index contributed by atoms with van der Waals surface area (Å²) in [5, 5.41) is 8.58. The second-order valence-corrected chi connectivity index (χ2v) is 8.77. The van der Waals surface area contributed by atoms with Gasteiger partial charge in [-0.25, -0.2) is 0 Å². The first-order chi connectivity index (χ1) is 14.1. The third kappa shape index (κ3) is 21.6. The highest BCUT2D eigenvalue weighted by molar-refractivity contribution is 5.83. The van der Waals surface area contributed by atoms with E-state index in [1.165, 1.54) is 83.5 Å². The van der Waals surface area contributed by atoms with Crippen LogP contribution in [0.25, 0.3) is 0 Å². The van der Waals surface area contributed by atoms with Gasteiger partial charge in [0.25, 0.3) is 0 Å². The first-order valence-corrected chi connectivity index (χ1v) is 12.6. The lowest BCUT2D eigenvalue weighted by Crippen LogP contribution is -2.30. The standard InChI is InChI=1S/C25H49NO3/c1-2-3-20-23(26)24(27)21-18-16-14-12-10-8-6-4-5-7-9-11-13-15-17-19-22-25(28)29/h23H,2-22,26H2,1H3,(H,28,29)/t23-/m0/s1. The van der Waals surface area contributed by atoms with Gasteiger partial charge in [0.2, 0.25) is 0 Å². The van der Waals surface area contributed by atoms with E-state index < -0.39 is 5.97 Å². The lowest BCUT2D eigenvalue weighted by molar-refractivity contribution is -0.137. The third-order valence-corrected chi connectivity index (χ3v) is 5.85. The molecule has 0 saturated heterocycles. The van der Waals surface area contributed by atoms with E-state index in [4.69, 9.17) is 10.8 Å². The Morgan fingerprint density at radius 2 is 0.966 bits per heavy atom. The van der Waals surface area contributed by atoms with Crippen molar-refractivity contribution in [3.63, 3.8) is 0 Å². The molecule has 0 aliphatic rings. The van der Waals surface area contributed by atoms with E-state index >= 15 is 0 Å². The molecule has 0 heterocycles. The molecule has 0 amide bonds. The van der Waals surface area contributed by atoms with Crippen molar-refractivity contribution < 1.29 is 14.7 Å². The summed E-state index contributed by atoms with van der Waals surface area (Å²) in [6, 6.07) is -0.223. The highest BCUT2D eigenvalue weighted by Crippen LogP contribution is 2.14. The fraction of sp³-hybridized carbons (Fsp3) is 0.920. The van der Waals surface area contributed by atoms with Crippen molar-refractivity contribution in [3.05, 3.63) is 0 Å². The fourth-order valence-electron chi connectivity index (χ4n) is 3.82. The molecule has 0 rings (SSSR count). The molecule has 3 N–H and O–H groups in total. The largest absolute Gasteiger partial charge is 0.481 e. The molecule has 0 unspecified atom stereocenters. The SMILES string of the molecule is CCCC[C@H](N)C(=O)CCCCCCCCCCCCCCCCCCC(=O)O. The van der Waals surface area contributed by atoms with Crippen LogP contribution in [0, 0.1) is 0 Å². The van der Waals surface area contributed by atoms with Crippen molar-refractivity contribution >= 4 is 11.8 Å². The van der Waals surface area contributed by atoms with Crippen LogP contribution in [0.4, 0.5) is 0 Å². The molecule has 0 fully saturated rings. The number of carboxylic acid groups (broad SMARTS) is 1. The van der Waals surface area contributed by atoms with Gasteiger partial charge in [0.05, 0.1) is 6.04 Å². The van der Waals surface area contributed by atoms with Crippen LogP contribution >= 0.6 is 0 Å². The van der Waals surface area contributed by atoms with Crippen LogP contribution in [0.5, 0.6) is 0 Å². The summed E-state index contributed by atoms with van der Waals surface area (Å²) in [7, 11) is 0. The Balaban J connectivity index is 3.17. The van der Waals surface area contributed by atoms with Crippen LogP contribution in [0.3, 0.4) is 0 Å². The average molecular weight is 412 g/mol. The molecule has 0 radical (unpaired) electrons. The summed E-state index contributed by atoms with van der Waals surface area (Å²) < 4.78 is 0. The van der Waals surface area contributed by atoms with Gasteiger partial charge in [-0.15, -0.1) is 0 Å². The first-order valence-electron chi connectivity index (χ1n) is 12.6. The smallest absolute Gasteiger partial charge is 0.303 e. The van der Waals surface area contributed by atoms with Gasteiger partial charge in [-0.05, 0) is 19.3 Å². The van der Waals surface area contributed by atoms with Crippen LogP contribution in [0.2, 0.25) is 0 Å². The van der Waals surface area contributed by atoms with E-state index in [-0.39, 0.29) is 11.8 Å². The predicted octanol–water partition coefficient (Wildman–Crippen LogP) is 7.18. The van der Waals surface area contributed by atoms with Crippen LogP contribution in [-0.4, -0.2) is 22.9 Å². The summed E-state index contributed by atoms with van der Waals surface area (Å²) in [4.78, 5) is 22.3. The molecule has 1 atom stereocenters. The topological polar surface area (TPSA) is 80.4 Å². The number of unbranched alkanes of at least 4 members (excludes halogenated alkanes) is 16. The molecule has 0 aliphatic carbocycles. The van der Waals surface area contributed by atoms with Crippen LogP contribution in [-0.2, 0) is 9.59 Å². The summed E-state index contributed by atoms with van der Waals surface area (Å²) >= 11 is 0. The Morgan fingerprint density at radius 3 is 1.31 bits per heavy atom. The summed E-state index contributed by atoms with van der Waals surface area (Å²) in [6.07, 6.45) is 23.9. The zero-order chi connectivity index (χ0) is 21.6. The normalized spacial score (nSPS) is 12.2. The van der Waals surface area contributed by atoms with E-state index in [2.05, 4.69) is 6.92 Å². The van der Waals surface area contributed by atoms with Crippen LogP contribution in [0.15, 0.2) is 0 Å². The van der Waals surface area contributed by atoms with Gasteiger partial charge in [-0.2, -0.15) is 0 Å². The number of carbonyl (C=O) groups is 2. The van der Waals surface area contributed by atoms with Crippen molar-refractivity contribution in [1.82, 2.24) is 0 Å². The van der Waals surface area contributed by atoms with E-state index in [0.29, 0.717) is 12.8 Å². The number of nitrogens with two attached hydrogens (primary N) is 1. The first kappa shape index (κ1) is 28.1. The van der Waals surface area contributed by atoms with Gasteiger partial charge in [0.1, 0.15) is 5.78 Å². The minimum atomic E-state index is -0.667. The van der Waals surface area contributed by atoms with Gasteiger partial charge in [0, 0.05) is 12.8 Å². The van der Waals surface area contributed by atoms with E-state index in [1.54, 1.807) is 0 Å². The predicted molar refractivity (Wildman–Crippen MR) is 123 cm³/mol. The maximum Gasteiger partial charge on any atom is 0.303 e. The molecule has 0 spiro atoms. The molecule has 4 nitrogen and oxygen atoms in total. The van der Waals surface area contributed by atoms with Gasteiger partial charge >= 0.3 is 5.97 Å². The van der Waals surface area contributed by atoms with Crippen LogP contribution < -0.4 is 5.73 Å². The molecule has 0 bridgehead atoms. The van der Waals surface area contributed by atoms with E-state index in [9.17, 15) is 9.59 Å². The molecular weight excluding hydrogens is 362 g/mol. The average Bonchev–Trinajstić information content (AvgIpc) is 2.70. The molecule has 0 aromatic heterocycles. The van der Waals surface area contributed by atoms with Gasteiger partial charge < -0.3 is 10.8 Å². The van der Waals surface area contributed by atoms with E-state index in [1.807, 2.05) is 0 Å². The molecule has 4 heteroatoms. The Morgan fingerprint density at radius 1 is 0.621 bits per heavy atom. The zero-order valence-corrected chi connectivity index (χ0v) is 19.3. The van der Waals surface area contributed by atoms with E-state index in [0.717, 1.165) is 38.5 Å². The Hall–Kier alpha value is -0.900. The Labute approximate surface area is 180 Å². The molecule has 0 aromatic carbocycles. The number of carbonyl (C=O) groups excluding carboxylic acids is 1. The second kappa shape index (κ2) is 21.8. The zero-order valence-electron chi connectivity index (χ0n) is 19.3. The van der Waals surface area contributed by atoms with Crippen molar-refractivity contribution in [3.8, 4) is 0 Å².